The van der Waals surface area contributed by atoms with Gasteiger partial charge in [0.25, 0.3) is 5.91 Å². The second-order valence-corrected chi connectivity index (χ2v) is 9.40. The Bertz CT molecular complexity index is 1180. The van der Waals surface area contributed by atoms with Gasteiger partial charge in [0.2, 0.25) is 0 Å². The van der Waals surface area contributed by atoms with Crippen molar-refractivity contribution < 1.29 is 4.79 Å². The fourth-order valence-electron chi connectivity index (χ4n) is 5.18. The van der Waals surface area contributed by atoms with Gasteiger partial charge in [0.15, 0.2) is 0 Å². The van der Waals surface area contributed by atoms with E-state index < -0.39 is 0 Å². The van der Waals surface area contributed by atoms with Crippen molar-refractivity contribution in [2.75, 3.05) is 4.90 Å². The maximum absolute atomic E-state index is 13.6. The Balaban J connectivity index is 1.75. The number of carbonyl (C=O) groups excluding carboxylic acids is 1. The number of carbonyl (C=O) groups is 1. The fourth-order valence-corrected chi connectivity index (χ4v) is 5.30. The van der Waals surface area contributed by atoms with E-state index in [0.717, 1.165) is 33.9 Å². The lowest BCUT2D eigenvalue weighted by molar-refractivity contribution is -0.113. The van der Waals surface area contributed by atoms with Crippen LogP contribution in [0.2, 0.25) is 5.02 Å². The largest absolute Gasteiger partial charge is 0.300 e. The van der Waals surface area contributed by atoms with Gasteiger partial charge in [-0.1, -0.05) is 67.1 Å². The zero-order valence-electron chi connectivity index (χ0n) is 17.3. The predicted octanol–water partition coefficient (Wildman–Crippen LogP) is 6.30. The molecule has 1 atom stereocenters. The summed E-state index contributed by atoms with van der Waals surface area (Å²) in [5.74, 6) is -0.0236. The quantitative estimate of drug-likeness (QED) is 0.484. The second kappa shape index (κ2) is 6.55. The Morgan fingerprint density at radius 1 is 0.900 bits per heavy atom. The number of hydrogen-bond acceptors (Lipinski definition) is 2. The lowest BCUT2D eigenvalue weighted by Crippen LogP contribution is -2.54. The number of nitrogens with zero attached hydrogens (tertiary/aromatic N) is 2. The molecule has 0 bridgehead atoms. The van der Waals surface area contributed by atoms with Gasteiger partial charge >= 0.3 is 0 Å². The molecule has 0 saturated heterocycles. The van der Waals surface area contributed by atoms with Crippen molar-refractivity contribution >= 4 is 34.6 Å². The van der Waals surface area contributed by atoms with Crippen LogP contribution >= 0.6 is 11.6 Å². The molecular weight excluding hydrogens is 392 g/mol. The minimum Gasteiger partial charge on any atom is -0.300 e. The summed E-state index contributed by atoms with van der Waals surface area (Å²) >= 11 is 6.16. The number of anilines is 1. The Hall–Kier alpha value is -2.91. The molecule has 3 aromatic rings. The van der Waals surface area contributed by atoms with E-state index in [9.17, 15) is 4.79 Å². The molecule has 150 valence electrons. The van der Waals surface area contributed by atoms with Crippen LogP contribution in [0.3, 0.4) is 0 Å². The molecule has 0 saturated carbocycles. The number of halogens is 1. The number of amides is 1. The van der Waals surface area contributed by atoms with Gasteiger partial charge in [-0.05, 0) is 55.7 Å². The highest BCUT2D eigenvalue weighted by Gasteiger charge is 2.52. The summed E-state index contributed by atoms with van der Waals surface area (Å²) in [5.41, 5.74) is 4.98. The molecule has 3 nitrogen and oxygen atoms in total. The van der Waals surface area contributed by atoms with Gasteiger partial charge < -0.3 is 4.90 Å². The first-order valence-corrected chi connectivity index (χ1v) is 10.6. The lowest BCUT2D eigenvalue weighted by Gasteiger charge is -2.49. The molecule has 5 rings (SSSR count). The van der Waals surface area contributed by atoms with Gasteiger partial charge in [-0.2, -0.15) is 0 Å². The van der Waals surface area contributed by atoms with Crippen LogP contribution in [0, 0.1) is 0 Å². The Morgan fingerprint density at radius 2 is 1.60 bits per heavy atom. The number of rotatable bonds is 2. The Labute approximate surface area is 182 Å². The fraction of sp³-hybridized carbons (Fsp3) is 0.231. The van der Waals surface area contributed by atoms with E-state index in [0.29, 0.717) is 5.71 Å². The van der Waals surface area contributed by atoms with Crippen molar-refractivity contribution in [2.24, 2.45) is 4.99 Å². The molecule has 2 aliphatic heterocycles. The first-order valence-electron chi connectivity index (χ1n) is 10.2. The van der Waals surface area contributed by atoms with Crippen molar-refractivity contribution in [3.8, 4) is 0 Å². The van der Waals surface area contributed by atoms with Crippen LogP contribution in [0.5, 0.6) is 0 Å². The van der Waals surface area contributed by atoms with Crippen LogP contribution in [0.15, 0.2) is 77.8 Å². The molecule has 3 aromatic carbocycles. The molecule has 0 aromatic heterocycles. The SMILES string of the molecule is CC1(c2ccc(Cl)cc2)CC(C)(C)N2C(=O)C(=Nc3ccccc3)c3cccc1c32. The molecule has 1 unspecified atom stereocenters. The van der Waals surface area contributed by atoms with Crippen LogP contribution in [-0.2, 0) is 10.2 Å². The van der Waals surface area contributed by atoms with Crippen molar-refractivity contribution in [1.29, 1.82) is 0 Å². The van der Waals surface area contributed by atoms with Gasteiger partial charge in [-0.25, -0.2) is 4.99 Å². The van der Waals surface area contributed by atoms with E-state index in [1.54, 1.807) is 0 Å². The van der Waals surface area contributed by atoms with Crippen LogP contribution in [0.1, 0.15) is 43.9 Å². The summed E-state index contributed by atoms with van der Waals surface area (Å²) in [6, 6.07) is 24.0. The minimum absolute atomic E-state index is 0.0236. The standard InChI is InChI=1S/C26H23ClN2O/c1-25(2)16-26(3,17-12-14-18(27)15-13-17)21-11-7-10-20-22(24(30)29(25)23(20)21)28-19-8-5-4-6-9-19/h4-15H,16H2,1-3H3. The van der Waals surface area contributed by atoms with E-state index in [1.165, 1.54) is 5.56 Å². The van der Waals surface area contributed by atoms with Gasteiger partial charge in [0, 0.05) is 21.5 Å². The van der Waals surface area contributed by atoms with Crippen LogP contribution < -0.4 is 4.90 Å². The predicted molar refractivity (Wildman–Crippen MR) is 123 cm³/mol. The summed E-state index contributed by atoms with van der Waals surface area (Å²) in [7, 11) is 0. The summed E-state index contributed by atoms with van der Waals surface area (Å²) in [4.78, 5) is 20.3. The van der Waals surface area contributed by atoms with Crippen LogP contribution in [0.25, 0.3) is 0 Å². The highest BCUT2D eigenvalue weighted by atomic mass is 35.5. The highest BCUT2D eigenvalue weighted by molar-refractivity contribution is 6.55. The molecule has 0 N–H and O–H groups in total. The van der Waals surface area contributed by atoms with E-state index in [1.807, 2.05) is 59.5 Å². The van der Waals surface area contributed by atoms with Gasteiger partial charge in [0.1, 0.15) is 5.71 Å². The highest BCUT2D eigenvalue weighted by Crippen LogP contribution is 2.54. The summed E-state index contributed by atoms with van der Waals surface area (Å²) in [6.07, 6.45) is 0.808. The molecule has 4 heteroatoms. The molecule has 0 fully saturated rings. The maximum Gasteiger partial charge on any atom is 0.278 e. The topological polar surface area (TPSA) is 32.7 Å². The van der Waals surface area contributed by atoms with Crippen molar-refractivity contribution in [3.63, 3.8) is 0 Å². The molecule has 1 amide bonds. The average molecular weight is 415 g/mol. The first-order chi connectivity index (χ1) is 14.3. The first kappa shape index (κ1) is 19.1. The van der Waals surface area contributed by atoms with E-state index in [2.05, 4.69) is 39.0 Å². The van der Waals surface area contributed by atoms with Gasteiger partial charge in [0.05, 0.1) is 11.4 Å². The third-order valence-corrected chi connectivity index (χ3v) is 6.64. The molecule has 0 aliphatic carbocycles. The molecule has 30 heavy (non-hydrogen) atoms. The third-order valence-electron chi connectivity index (χ3n) is 6.38. The number of aliphatic imine (C=N–C) groups is 1. The molecular formula is C26H23ClN2O. The third kappa shape index (κ3) is 2.73. The average Bonchev–Trinajstić information content (AvgIpc) is 3.00. The minimum atomic E-state index is -0.359. The summed E-state index contributed by atoms with van der Waals surface area (Å²) in [6.45, 7) is 6.55. The lowest BCUT2D eigenvalue weighted by atomic mass is 9.65. The molecule has 0 spiro atoms. The number of benzene rings is 3. The monoisotopic (exact) mass is 414 g/mol. The Morgan fingerprint density at radius 3 is 2.30 bits per heavy atom. The summed E-state index contributed by atoms with van der Waals surface area (Å²) in [5, 5.41) is 0.727. The smallest absolute Gasteiger partial charge is 0.278 e. The second-order valence-electron chi connectivity index (χ2n) is 8.97. The Kier molecular flexibility index (Phi) is 4.16. The molecule has 2 aliphatic rings. The molecule has 2 heterocycles. The maximum atomic E-state index is 13.6. The van der Waals surface area contributed by atoms with E-state index in [-0.39, 0.29) is 16.9 Å². The normalized spacial score (nSPS) is 23.0. The van der Waals surface area contributed by atoms with Crippen molar-refractivity contribution in [2.45, 2.75) is 38.1 Å². The molecule has 0 radical (unpaired) electrons. The number of hydrogen-bond donors (Lipinski definition) is 0. The van der Waals surface area contributed by atoms with Crippen molar-refractivity contribution in [1.82, 2.24) is 0 Å². The van der Waals surface area contributed by atoms with Gasteiger partial charge in [-0.3, -0.25) is 4.79 Å². The summed E-state index contributed by atoms with van der Waals surface area (Å²) < 4.78 is 0. The zero-order chi connectivity index (χ0) is 21.1. The van der Waals surface area contributed by atoms with E-state index in [4.69, 9.17) is 16.6 Å². The van der Waals surface area contributed by atoms with Crippen molar-refractivity contribution in [3.05, 3.63) is 94.5 Å². The zero-order valence-corrected chi connectivity index (χ0v) is 18.1. The van der Waals surface area contributed by atoms with E-state index >= 15 is 0 Å². The van der Waals surface area contributed by atoms with Crippen LogP contribution in [0.4, 0.5) is 11.4 Å². The van der Waals surface area contributed by atoms with Crippen LogP contribution in [-0.4, -0.2) is 17.2 Å². The number of para-hydroxylation sites is 2. The van der Waals surface area contributed by atoms with Gasteiger partial charge in [-0.15, -0.1) is 0 Å².